The minimum atomic E-state index is -1.93. The Kier molecular flexibility index (Phi) is 7.35. The zero-order valence-corrected chi connectivity index (χ0v) is 19.3. The summed E-state index contributed by atoms with van der Waals surface area (Å²) in [6.07, 6.45) is 0.416. The number of ether oxygens (including phenoxy) is 1. The highest BCUT2D eigenvalue weighted by molar-refractivity contribution is 6.34. The molecule has 0 aliphatic carbocycles. The van der Waals surface area contributed by atoms with Crippen molar-refractivity contribution in [1.29, 1.82) is 5.26 Å². The smallest absolute Gasteiger partial charge is 0.232 e. The Bertz CT molecular complexity index is 1280. The predicted octanol–water partition coefficient (Wildman–Crippen LogP) is 5.25. The van der Waals surface area contributed by atoms with Gasteiger partial charge in [0.15, 0.2) is 17.4 Å². The molecule has 0 radical (unpaired) electrons. The fourth-order valence-corrected chi connectivity index (χ4v) is 3.34. The van der Waals surface area contributed by atoms with Gasteiger partial charge in [-0.25, -0.2) is 8.78 Å². The molecule has 0 bridgehead atoms. The van der Waals surface area contributed by atoms with Crippen LogP contribution in [0.25, 0.3) is 0 Å². The van der Waals surface area contributed by atoms with Crippen LogP contribution in [0.1, 0.15) is 31.7 Å². The van der Waals surface area contributed by atoms with Crippen LogP contribution in [0.2, 0.25) is 10.0 Å². The summed E-state index contributed by atoms with van der Waals surface area (Å²) in [5.74, 6) is -6.93. The Hall–Kier alpha value is -3.33. The van der Waals surface area contributed by atoms with E-state index in [-0.39, 0.29) is 40.1 Å². The first-order valence-corrected chi connectivity index (χ1v) is 10.4. The van der Waals surface area contributed by atoms with Gasteiger partial charge in [-0.2, -0.15) is 24.6 Å². The van der Waals surface area contributed by atoms with E-state index in [1.165, 1.54) is 24.3 Å². The molecule has 3 rings (SSSR count). The Morgan fingerprint density at radius 2 is 1.76 bits per heavy atom. The number of nitrogens with two attached hydrogens (primary N) is 1. The average molecular weight is 513 g/mol. The molecule has 8 nitrogen and oxygen atoms in total. The summed E-state index contributed by atoms with van der Waals surface area (Å²) < 4.78 is 48.9. The third kappa shape index (κ3) is 4.94. The molecule has 0 amide bonds. The molecule has 0 fully saturated rings. The van der Waals surface area contributed by atoms with E-state index in [4.69, 9.17) is 33.7 Å². The summed E-state index contributed by atoms with van der Waals surface area (Å²) in [5, 5.41) is 21.9. The second-order valence-corrected chi connectivity index (χ2v) is 8.25. The van der Waals surface area contributed by atoms with Crippen LogP contribution in [-0.4, -0.2) is 26.7 Å². The molecular formula is C21H17Cl2F3N6O2. The van der Waals surface area contributed by atoms with Gasteiger partial charge in [-0.05, 0) is 24.6 Å². The minimum Gasteiger partial charge on any atom is -0.452 e. The number of aromatic nitrogens is 3. The molecule has 13 heteroatoms. The summed E-state index contributed by atoms with van der Waals surface area (Å²) >= 11 is 11.8. The molecule has 0 saturated heterocycles. The van der Waals surface area contributed by atoms with Crippen molar-refractivity contribution in [2.45, 2.75) is 25.7 Å². The lowest BCUT2D eigenvalue weighted by atomic mass is 9.88. The van der Waals surface area contributed by atoms with Crippen molar-refractivity contribution in [3.8, 4) is 17.6 Å². The molecule has 2 aromatic carbocycles. The van der Waals surface area contributed by atoms with Crippen molar-refractivity contribution in [3.63, 3.8) is 0 Å². The lowest BCUT2D eigenvalue weighted by Gasteiger charge is -2.24. The average Bonchev–Trinajstić information content (AvgIpc) is 2.79. The molecule has 178 valence electrons. The van der Waals surface area contributed by atoms with E-state index in [0.717, 1.165) is 0 Å². The fraction of sp³-hybridized carbons (Fsp3) is 0.238. The van der Waals surface area contributed by atoms with E-state index in [1.807, 2.05) is 0 Å². The summed E-state index contributed by atoms with van der Waals surface area (Å²) in [7, 11) is 0. The third-order valence-electron chi connectivity index (χ3n) is 5.01. The van der Waals surface area contributed by atoms with Gasteiger partial charge in [-0.15, -0.1) is 0 Å². The number of nitrogen functional groups attached to an aromatic ring is 1. The molecule has 0 aliphatic rings. The number of nitrogens with one attached hydrogen (secondary N) is 1. The maximum absolute atomic E-state index is 14.8. The van der Waals surface area contributed by atoms with Crippen LogP contribution in [0.5, 0.6) is 11.5 Å². The van der Waals surface area contributed by atoms with Crippen LogP contribution in [0.4, 0.5) is 30.8 Å². The van der Waals surface area contributed by atoms with E-state index in [2.05, 4.69) is 20.3 Å². The maximum Gasteiger partial charge on any atom is 0.232 e. The van der Waals surface area contributed by atoms with Crippen LogP contribution in [0.3, 0.4) is 0 Å². The molecule has 0 spiro atoms. The van der Waals surface area contributed by atoms with Crippen LogP contribution >= 0.6 is 23.2 Å². The van der Waals surface area contributed by atoms with Crippen molar-refractivity contribution in [2.24, 2.45) is 0 Å². The Morgan fingerprint density at radius 3 is 2.32 bits per heavy atom. The SMILES string of the molecule is CCC(C)(CO)c1nc(N)nc(Nc2c(C#N)c(F)c(F)c(F)c2Oc2cc(Cl)cc(Cl)c2)n1. The largest absolute Gasteiger partial charge is 0.452 e. The number of anilines is 3. The molecule has 1 atom stereocenters. The van der Waals surface area contributed by atoms with Gasteiger partial charge in [0.25, 0.3) is 0 Å². The lowest BCUT2D eigenvalue weighted by Crippen LogP contribution is -2.29. The molecule has 0 aliphatic heterocycles. The summed E-state index contributed by atoms with van der Waals surface area (Å²) in [6.45, 7) is 3.12. The van der Waals surface area contributed by atoms with Gasteiger partial charge in [0, 0.05) is 10.0 Å². The molecule has 1 aromatic heterocycles. The first-order valence-electron chi connectivity index (χ1n) is 9.67. The molecule has 34 heavy (non-hydrogen) atoms. The van der Waals surface area contributed by atoms with Crippen molar-refractivity contribution in [3.05, 3.63) is 57.1 Å². The molecule has 3 aromatic rings. The van der Waals surface area contributed by atoms with Crippen molar-refractivity contribution >= 4 is 40.8 Å². The normalized spacial score (nSPS) is 12.7. The van der Waals surface area contributed by atoms with Crippen LogP contribution in [-0.2, 0) is 5.41 Å². The molecule has 1 unspecified atom stereocenters. The molecular weight excluding hydrogens is 496 g/mol. The molecule has 1 heterocycles. The number of halogens is 5. The number of benzene rings is 2. The van der Waals surface area contributed by atoms with Crippen molar-refractivity contribution in [1.82, 2.24) is 15.0 Å². The number of nitriles is 1. The minimum absolute atomic E-state index is 0.0816. The van der Waals surface area contributed by atoms with Crippen LogP contribution < -0.4 is 15.8 Å². The van der Waals surface area contributed by atoms with Gasteiger partial charge in [0.2, 0.25) is 17.7 Å². The maximum atomic E-state index is 14.8. The Morgan fingerprint density at radius 1 is 1.12 bits per heavy atom. The molecule has 0 saturated carbocycles. The van der Waals surface area contributed by atoms with Gasteiger partial charge < -0.3 is 20.9 Å². The van der Waals surface area contributed by atoms with Gasteiger partial charge in [0.1, 0.15) is 28.9 Å². The van der Waals surface area contributed by atoms with Crippen molar-refractivity contribution < 1.29 is 23.0 Å². The van der Waals surface area contributed by atoms with Gasteiger partial charge in [0.05, 0.1) is 12.0 Å². The summed E-state index contributed by atoms with van der Waals surface area (Å²) in [5.41, 5.74) is 3.31. The second kappa shape index (κ2) is 9.89. The highest BCUT2D eigenvalue weighted by Gasteiger charge is 2.30. The van der Waals surface area contributed by atoms with Crippen LogP contribution in [0.15, 0.2) is 18.2 Å². The topological polar surface area (TPSA) is 130 Å². The standard InChI is InChI=1S/C21H17Cl2F3N6O2/c1-3-21(2,8-33)18-30-19(28)32-20(31-18)29-16-12(7-27)13(24)14(25)15(26)17(16)34-11-5-9(22)4-10(23)6-11/h4-6,33H,3,8H2,1-2H3,(H3,28,29,30,31,32). The molecule has 4 N–H and O–H groups in total. The van der Waals surface area contributed by atoms with Gasteiger partial charge in [-0.1, -0.05) is 37.0 Å². The van der Waals surface area contributed by atoms with Gasteiger partial charge in [-0.3, -0.25) is 0 Å². The highest BCUT2D eigenvalue weighted by Crippen LogP contribution is 2.41. The highest BCUT2D eigenvalue weighted by atomic mass is 35.5. The number of rotatable bonds is 7. The van der Waals surface area contributed by atoms with E-state index < -0.39 is 39.9 Å². The van der Waals surface area contributed by atoms with Crippen molar-refractivity contribution in [2.75, 3.05) is 17.7 Å². The Labute approximate surface area is 202 Å². The lowest BCUT2D eigenvalue weighted by molar-refractivity contribution is 0.194. The third-order valence-corrected chi connectivity index (χ3v) is 5.44. The van der Waals surface area contributed by atoms with E-state index in [9.17, 15) is 23.5 Å². The summed E-state index contributed by atoms with van der Waals surface area (Å²) in [6, 6.07) is 5.33. The number of hydrogen-bond donors (Lipinski definition) is 3. The van der Waals surface area contributed by atoms with Gasteiger partial charge >= 0.3 is 0 Å². The van der Waals surface area contributed by atoms with Crippen LogP contribution in [0, 0.1) is 28.8 Å². The fourth-order valence-electron chi connectivity index (χ4n) is 2.83. The quantitative estimate of drug-likeness (QED) is 0.366. The number of nitrogens with zero attached hydrogens (tertiary/aromatic N) is 4. The van der Waals surface area contributed by atoms with E-state index >= 15 is 0 Å². The first-order chi connectivity index (χ1) is 16.0. The number of aliphatic hydroxyl groups is 1. The predicted molar refractivity (Wildman–Crippen MR) is 120 cm³/mol. The zero-order valence-electron chi connectivity index (χ0n) is 17.8. The first kappa shape index (κ1) is 25.3. The monoisotopic (exact) mass is 512 g/mol. The zero-order chi connectivity index (χ0) is 25.2. The number of aliphatic hydroxyl groups excluding tert-OH is 1. The number of hydrogen-bond acceptors (Lipinski definition) is 8. The second-order valence-electron chi connectivity index (χ2n) is 7.38. The summed E-state index contributed by atoms with van der Waals surface area (Å²) in [4.78, 5) is 12.0. The van der Waals surface area contributed by atoms with E-state index in [0.29, 0.717) is 6.42 Å². The Balaban J connectivity index is 2.20. The van der Waals surface area contributed by atoms with E-state index in [1.54, 1.807) is 13.8 Å².